The molecular formula is C56H78N2O8. The number of rotatable bonds is 15. The van der Waals surface area contributed by atoms with Crippen molar-refractivity contribution in [3.63, 3.8) is 0 Å². The fourth-order valence-electron chi connectivity index (χ4n) is 13.2. The maximum Gasteiger partial charge on any atom is 0.162 e. The Labute approximate surface area is 394 Å². The van der Waals surface area contributed by atoms with E-state index in [0.717, 1.165) is 47.8 Å². The quantitative estimate of drug-likeness (QED) is 0.0417. The number of carbonyl (C=O) groups excluding carboxylic acids is 1. The van der Waals surface area contributed by atoms with Gasteiger partial charge in [0.25, 0.3) is 0 Å². The lowest BCUT2D eigenvalue weighted by atomic mass is 9.37. The second kappa shape index (κ2) is 20.2. The summed E-state index contributed by atoms with van der Waals surface area (Å²) >= 11 is 0. The van der Waals surface area contributed by atoms with Gasteiger partial charge in [-0.1, -0.05) is 117 Å². The molecule has 13 unspecified atom stereocenters. The molecule has 7 rings (SSSR count). The highest BCUT2D eigenvalue weighted by atomic mass is 16.6. The summed E-state index contributed by atoms with van der Waals surface area (Å²) in [5.74, 6) is -1.25. The number of aliphatic hydroxyl groups excluding tert-OH is 3. The average molecular weight is 907 g/mol. The Kier molecular flexibility index (Phi) is 15.4. The summed E-state index contributed by atoms with van der Waals surface area (Å²) in [5.41, 5.74) is 1.29. The van der Waals surface area contributed by atoms with Crippen LogP contribution in [0.15, 0.2) is 119 Å². The fourth-order valence-corrected chi connectivity index (χ4v) is 13.2. The molecule has 1 spiro atoms. The number of ether oxygens (including phenoxy) is 2. The molecule has 13 atom stereocenters. The van der Waals surface area contributed by atoms with Crippen molar-refractivity contribution in [3.8, 4) is 0 Å². The van der Waals surface area contributed by atoms with E-state index < -0.39 is 52.5 Å². The minimum absolute atomic E-state index is 0.0112. The topological polar surface area (TPSA) is 161 Å². The van der Waals surface area contributed by atoms with Crippen LogP contribution in [0.1, 0.15) is 90.7 Å². The first-order valence-corrected chi connectivity index (χ1v) is 24.5. The zero-order valence-electron chi connectivity index (χ0n) is 40.5. The van der Waals surface area contributed by atoms with E-state index in [-0.39, 0.29) is 35.8 Å². The second-order valence-corrected chi connectivity index (χ2v) is 21.2. The van der Waals surface area contributed by atoms with Gasteiger partial charge in [-0.15, -0.1) is 0 Å². The molecule has 4 aliphatic carbocycles. The van der Waals surface area contributed by atoms with Gasteiger partial charge in [-0.3, -0.25) is 10.1 Å². The molecule has 2 heterocycles. The molecule has 360 valence electrons. The van der Waals surface area contributed by atoms with Crippen LogP contribution in [0.4, 0.5) is 0 Å². The number of benzene rings is 1. The number of allylic oxidation sites excluding steroid dienone is 10. The standard InChI is InChI=1S/C56H78N2O8/c1-36(2)44-17-18-47(66-51(44)62)45(14-9-11-37(3)42-16-15-38(4)50(61)58-52(6,27-30-65-8)33-41-13-10-12-40(31-41)32-42)46-20-22-55-49-48(39(5)35-60)43(34-54(55,63)25-28-57-7)19-21-53(49,26-29-59)23-24-56(46,55)64/h9-15,17-19,21,23-24,31,35-36,42-44,46-47,49-51,57-59,61-64H,3,16,20,22,25-30,32-34H2,1-2,4-8H3. The number of aldehydes is 1. The van der Waals surface area contributed by atoms with Gasteiger partial charge in [0.1, 0.15) is 18.6 Å². The number of aliphatic hydroxyl groups is 5. The van der Waals surface area contributed by atoms with Crippen molar-refractivity contribution in [2.75, 3.05) is 33.9 Å². The van der Waals surface area contributed by atoms with Gasteiger partial charge in [0.15, 0.2) is 6.29 Å². The number of hydrogen-bond donors (Lipinski definition) is 7. The smallest absolute Gasteiger partial charge is 0.162 e. The molecule has 4 bridgehead atoms. The molecule has 10 nitrogen and oxygen atoms in total. The molecule has 10 heteroatoms. The van der Waals surface area contributed by atoms with Crippen molar-refractivity contribution in [1.82, 2.24) is 10.6 Å². The molecule has 1 aromatic rings. The monoisotopic (exact) mass is 907 g/mol. The highest BCUT2D eigenvalue weighted by Gasteiger charge is 2.77. The van der Waals surface area contributed by atoms with Crippen LogP contribution >= 0.6 is 0 Å². The predicted octanol–water partition coefficient (Wildman–Crippen LogP) is 7.15. The number of hydrogen-bond acceptors (Lipinski definition) is 10. The van der Waals surface area contributed by atoms with Crippen LogP contribution in [0.25, 0.3) is 0 Å². The lowest BCUT2D eigenvalue weighted by Gasteiger charge is -2.68. The molecule has 2 fully saturated rings. The Balaban J connectivity index is 1.31. The van der Waals surface area contributed by atoms with Gasteiger partial charge in [0.05, 0.1) is 11.2 Å². The first kappa shape index (κ1) is 50.3. The summed E-state index contributed by atoms with van der Waals surface area (Å²) in [6.45, 7) is 15.7. The molecule has 0 radical (unpaired) electrons. The number of fused-ring (bicyclic) bond motifs is 3. The van der Waals surface area contributed by atoms with E-state index in [1.165, 1.54) is 11.1 Å². The number of methoxy groups -OCH3 is 1. The third-order valence-electron chi connectivity index (χ3n) is 16.8. The molecule has 7 N–H and O–H groups in total. The van der Waals surface area contributed by atoms with E-state index in [2.05, 4.69) is 80.5 Å². The molecular weight excluding hydrogens is 829 g/mol. The van der Waals surface area contributed by atoms with Crippen LogP contribution in [0.5, 0.6) is 0 Å². The molecule has 6 aliphatic rings. The lowest BCUT2D eigenvalue weighted by Crippen LogP contribution is -2.72. The van der Waals surface area contributed by atoms with Crippen molar-refractivity contribution < 1.29 is 39.8 Å². The summed E-state index contributed by atoms with van der Waals surface area (Å²) in [4.78, 5) is 12.7. The average Bonchev–Trinajstić information content (AvgIpc) is 3.60. The lowest BCUT2D eigenvalue weighted by molar-refractivity contribution is -0.234. The Morgan fingerprint density at radius 1 is 1.09 bits per heavy atom. The van der Waals surface area contributed by atoms with Crippen molar-refractivity contribution in [3.05, 3.63) is 131 Å². The van der Waals surface area contributed by atoms with E-state index in [0.29, 0.717) is 57.2 Å². The van der Waals surface area contributed by atoms with E-state index in [4.69, 9.17) is 9.47 Å². The minimum atomic E-state index is -1.60. The zero-order chi connectivity index (χ0) is 47.7. The molecule has 66 heavy (non-hydrogen) atoms. The fraction of sp³-hybridized carbons (Fsp3) is 0.589. The number of nitrogens with one attached hydrogen (secondary N) is 2. The van der Waals surface area contributed by atoms with E-state index >= 15 is 0 Å². The Bertz CT molecular complexity index is 2170. The zero-order valence-corrected chi connectivity index (χ0v) is 40.5. The van der Waals surface area contributed by atoms with Gasteiger partial charge < -0.3 is 40.3 Å². The van der Waals surface area contributed by atoms with Crippen LogP contribution in [-0.2, 0) is 27.1 Å². The Hall–Kier alpha value is -3.55. The van der Waals surface area contributed by atoms with Crippen molar-refractivity contribution in [1.29, 1.82) is 0 Å². The van der Waals surface area contributed by atoms with Crippen LogP contribution in [-0.4, -0.2) is 101 Å². The van der Waals surface area contributed by atoms with Gasteiger partial charge in [-0.25, -0.2) is 0 Å². The van der Waals surface area contributed by atoms with E-state index in [1.807, 2.05) is 63.4 Å². The van der Waals surface area contributed by atoms with Gasteiger partial charge in [0, 0.05) is 60.4 Å². The third kappa shape index (κ3) is 9.19. The largest absolute Gasteiger partial charge is 0.396 e. The molecule has 0 amide bonds. The summed E-state index contributed by atoms with van der Waals surface area (Å²) in [5, 5.41) is 67.5. The number of carbonyl (C=O) groups is 1. The highest BCUT2D eigenvalue weighted by molar-refractivity contribution is 5.75. The molecule has 0 saturated heterocycles. The van der Waals surface area contributed by atoms with E-state index in [1.54, 1.807) is 7.11 Å². The molecule has 2 aliphatic heterocycles. The molecule has 2 saturated carbocycles. The summed E-state index contributed by atoms with van der Waals surface area (Å²) in [6, 6.07) is 8.67. The van der Waals surface area contributed by atoms with Crippen LogP contribution in [0, 0.1) is 46.3 Å². The summed E-state index contributed by atoms with van der Waals surface area (Å²) in [7, 11) is 3.57. The highest BCUT2D eigenvalue weighted by Crippen LogP contribution is 2.75. The third-order valence-corrected chi connectivity index (χ3v) is 16.8. The Morgan fingerprint density at radius 3 is 2.56 bits per heavy atom. The van der Waals surface area contributed by atoms with Gasteiger partial charge in [-0.05, 0) is 132 Å². The SMILES string of the molecule is C=C(C=CC=C(C1C=CC(C(C)C)C(O)O1)C1CCC23C4C(=C(C)C=O)C(C=CC4(CCO)C=CC12O)CC3(O)CCNC)C1CC=C(C)C(O)NC(C)(CCOC)Cc2cccc(c2)C1. The minimum Gasteiger partial charge on any atom is -0.396 e. The molecule has 1 aromatic carbocycles. The molecule has 0 aromatic heterocycles. The maximum atomic E-state index is 13.9. The predicted molar refractivity (Wildman–Crippen MR) is 261 cm³/mol. The normalized spacial score (nSPS) is 39.6. The summed E-state index contributed by atoms with van der Waals surface area (Å²) < 4.78 is 12.0. The van der Waals surface area contributed by atoms with Gasteiger partial charge in [0.2, 0.25) is 0 Å². The Morgan fingerprint density at radius 2 is 1.86 bits per heavy atom. The van der Waals surface area contributed by atoms with Crippen molar-refractivity contribution in [2.45, 2.75) is 128 Å². The van der Waals surface area contributed by atoms with Crippen LogP contribution in [0.2, 0.25) is 0 Å². The second-order valence-electron chi connectivity index (χ2n) is 21.2. The van der Waals surface area contributed by atoms with Crippen LogP contribution in [0.3, 0.4) is 0 Å². The van der Waals surface area contributed by atoms with Gasteiger partial charge >= 0.3 is 0 Å². The van der Waals surface area contributed by atoms with Crippen molar-refractivity contribution in [2.24, 2.45) is 46.3 Å². The summed E-state index contributed by atoms with van der Waals surface area (Å²) in [6.07, 6.45) is 23.7. The first-order valence-electron chi connectivity index (χ1n) is 24.5. The van der Waals surface area contributed by atoms with E-state index in [9.17, 15) is 30.3 Å². The van der Waals surface area contributed by atoms with Crippen LogP contribution < -0.4 is 10.6 Å². The first-order chi connectivity index (χ1) is 31.4. The maximum absolute atomic E-state index is 13.9. The van der Waals surface area contributed by atoms with Gasteiger partial charge in [-0.2, -0.15) is 0 Å². The van der Waals surface area contributed by atoms with Crippen molar-refractivity contribution >= 4 is 6.29 Å².